The van der Waals surface area contributed by atoms with E-state index in [1.165, 1.54) is 17.4 Å². The molecule has 3 rings (SSSR count). The molecule has 3 aromatic rings. The molecule has 0 saturated carbocycles. The van der Waals surface area contributed by atoms with Crippen molar-refractivity contribution in [3.8, 4) is 10.6 Å². The van der Waals surface area contributed by atoms with Gasteiger partial charge in [-0.25, -0.2) is 9.37 Å². The zero-order chi connectivity index (χ0) is 14.8. The highest BCUT2D eigenvalue weighted by molar-refractivity contribution is 7.13. The molecule has 0 radical (unpaired) electrons. The van der Waals surface area contributed by atoms with E-state index in [9.17, 15) is 4.39 Å². The summed E-state index contributed by atoms with van der Waals surface area (Å²) in [4.78, 5) is 4.42. The molecule has 0 aliphatic heterocycles. The quantitative estimate of drug-likeness (QED) is 0.673. The van der Waals surface area contributed by atoms with Gasteiger partial charge in [-0.1, -0.05) is 0 Å². The summed E-state index contributed by atoms with van der Waals surface area (Å²) in [5.41, 5.74) is 3.25. The molecule has 1 aromatic carbocycles. The van der Waals surface area contributed by atoms with Gasteiger partial charge in [0.05, 0.1) is 23.8 Å². The van der Waals surface area contributed by atoms with E-state index in [1.807, 2.05) is 30.6 Å². The van der Waals surface area contributed by atoms with Crippen LogP contribution in [0.1, 0.15) is 17.0 Å². The topological polar surface area (TPSA) is 30.7 Å². The average molecular weight is 322 g/mol. The lowest BCUT2D eigenvalue weighted by Gasteiger charge is -2.06. The summed E-state index contributed by atoms with van der Waals surface area (Å²) in [5.74, 6) is 0.151. The van der Waals surface area contributed by atoms with Gasteiger partial charge >= 0.3 is 0 Å². The highest BCUT2D eigenvalue weighted by Crippen LogP contribution is 2.26. The third-order valence-electron chi connectivity index (χ3n) is 3.09. The summed E-state index contributed by atoms with van der Waals surface area (Å²) in [7, 11) is 0. The lowest BCUT2D eigenvalue weighted by Crippen LogP contribution is -2.03. The normalized spacial score (nSPS) is 11.0. The van der Waals surface area contributed by atoms with Crippen molar-refractivity contribution in [3.63, 3.8) is 0 Å². The molecule has 0 aliphatic carbocycles. The molecule has 0 atom stereocenters. The van der Waals surface area contributed by atoms with Crippen molar-refractivity contribution in [3.05, 3.63) is 58.6 Å². The molecule has 108 valence electrons. The second-order valence-electron chi connectivity index (χ2n) is 4.74. The Bertz CT molecular complexity index is 766. The highest BCUT2D eigenvalue weighted by Gasteiger charge is 2.09. The second-order valence-corrected chi connectivity index (χ2v) is 5.86. The van der Waals surface area contributed by atoms with Crippen LogP contribution in [0.5, 0.6) is 0 Å². The lowest BCUT2D eigenvalue weighted by molar-refractivity contribution is 0.584. The monoisotopic (exact) mass is 321 g/mol. The number of rotatable bonds is 4. The van der Waals surface area contributed by atoms with Crippen LogP contribution in [0.4, 0.5) is 4.39 Å². The molecule has 0 saturated heterocycles. The van der Waals surface area contributed by atoms with Crippen LogP contribution in [-0.4, -0.2) is 14.8 Å². The zero-order valence-corrected chi connectivity index (χ0v) is 13.0. The van der Waals surface area contributed by atoms with E-state index < -0.39 is 0 Å². The van der Waals surface area contributed by atoms with Gasteiger partial charge < -0.3 is 0 Å². The van der Waals surface area contributed by atoms with Gasteiger partial charge in [0.15, 0.2) is 0 Å². The SMILES string of the molecule is Cc1ccn(Cc2cc(-c3nc(CCl)cs3)ccc2F)n1. The number of aromatic nitrogens is 3. The van der Waals surface area contributed by atoms with Crippen molar-refractivity contribution in [1.82, 2.24) is 14.8 Å². The van der Waals surface area contributed by atoms with Crippen molar-refractivity contribution in [2.75, 3.05) is 0 Å². The Labute approximate surface area is 131 Å². The number of alkyl halides is 1. The van der Waals surface area contributed by atoms with E-state index in [1.54, 1.807) is 10.7 Å². The van der Waals surface area contributed by atoms with Gasteiger partial charge in [0.25, 0.3) is 0 Å². The lowest BCUT2D eigenvalue weighted by atomic mass is 10.1. The van der Waals surface area contributed by atoms with Gasteiger partial charge in [0.2, 0.25) is 0 Å². The van der Waals surface area contributed by atoms with Crippen LogP contribution in [0.15, 0.2) is 35.8 Å². The van der Waals surface area contributed by atoms with E-state index in [0.717, 1.165) is 22.0 Å². The number of aryl methyl sites for hydroxylation is 1. The van der Waals surface area contributed by atoms with E-state index in [2.05, 4.69) is 10.1 Å². The van der Waals surface area contributed by atoms with Crippen LogP contribution in [0, 0.1) is 12.7 Å². The van der Waals surface area contributed by atoms with Crippen molar-refractivity contribution < 1.29 is 4.39 Å². The molecule has 0 N–H and O–H groups in total. The van der Waals surface area contributed by atoms with Gasteiger partial charge in [-0.15, -0.1) is 22.9 Å². The predicted octanol–water partition coefficient (Wildman–Crippen LogP) is 4.24. The van der Waals surface area contributed by atoms with Crippen molar-refractivity contribution in [1.29, 1.82) is 0 Å². The largest absolute Gasteiger partial charge is 0.268 e. The molecule has 0 fully saturated rings. The molecule has 0 aliphatic rings. The highest BCUT2D eigenvalue weighted by atomic mass is 35.5. The minimum atomic E-state index is -0.235. The van der Waals surface area contributed by atoms with Crippen LogP contribution in [0.3, 0.4) is 0 Å². The number of hydrogen-bond acceptors (Lipinski definition) is 3. The van der Waals surface area contributed by atoms with Gasteiger partial charge in [-0.3, -0.25) is 4.68 Å². The summed E-state index contributed by atoms with van der Waals surface area (Å²) in [6, 6.07) is 6.94. The van der Waals surface area contributed by atoms with Crippen LogP contribution in [0.25, 0.3) is 10.6 Å². The summed E-state index contributed by atoms with van der Waals surface area (Å²) in [6.07, 6.45) is 1.84. The Morgan fingerprint density at radius 1 is 1.33 bits per heavy atom. The maximum absolute atomic E-state index is 14.0. The molecular formula is C15H13ClFN3S. The number of hydrogen-bond donors (Lipinski definition) is 0. The Hall–Kier alpha value is -1.72. The zero-order valence-electron chi connectivity index (χ0n) is 11.4. The Morgan fingerprint density at radius 3 is 2.86 bits per heavy atom. The van der Waals surface area contributed by atoms with Crippen molar-refractivity contribution >= 4 is 22.9 Å². The first-order valence-electron chi connectivity index (χ1n) is 6.45. The minimum Gasteiger partial charge on any atom is -0.268 e. The van der Waals surface area contributed by atoms with Crippen LogP contribution < -0.4 is 0 Å². The average Bonchev–Trinajstić information content (AvgIpc) is 3.10. The van der Waals surface area contributed by atoms with Crippen LogP contribution in [0.2, 0.25) is 0 Å². The predicted molar refractivity (Wildman–Crippen MR) is 83.1 cm³/mol. The number of nitrogens with zero attached hydrogens (tertiary/aromatic N) is 3. The minimum absolute atomic E-state index is 0.235. The number of thiazole rings is 1. The molecule has 6 heteroatoms. The second kappa shape index (κ2) is 5.95. The fourth-order valence-electron chi connectivity index (χ4n) is 2.06. The molecule has 21 heavy (non-hydrogen) atoms. The summed E-state index contributed by atoms with van der Waals surface area (Å²) < 4.78 is 15.7. The first kappa shape index (κ1) is 14.2. The summed E-state index contributed by atoms with van der Waals surface area (Å²) >= 11 is 7.28. The van der Waals surface area contributed by atoms with Crippen molar-refractivity contribution in [2.45, 2.75) is 19.3 Å². The maximum atomic E-state index is 14.0. The maximum Gasteiger partial charge on any atom is 0.128 e. The van der Waals surface area contributed by atoms with Gasteiger partial charge in [0.1, 0.15) is 10.8 Å². The smallest absolute Gasteiger partial charge is 0.128 e. The van der Waals surface area contributed by atoms with Gasteiger partial charge in [-0.2, -0.15) is 5.10 Å². The Kier molecular flexibility index (Phi) is 4.03. The molecule has 2 heterocycles. The summed E-state index contributed by atoms with van der Waals surface area (Å²) in [5, 5.41) is 7.06. The Morgan fingerprint density at radius 2 is 2.19 bits per heavy atom. The molecule has 2 aromatic heterocycles. The fraction of sp³-hybridized carbons (Fsp3) is 0.200. The van der Waals surface area contributed by atoms with Crippen LogP contribution >= 0.6 is 22.9 Å². The number of benzene rings is 1. The van der Waals surface area contributed by atoms with Gasteiger partial charge in [0, 0.05) is 22.7 Å². The van der Waals surface area contributed by atoms with Crippen LogP contribution in [-0.2, 0) is 12.4 Å². The number of halogens is 2. The van der Waals surface area contributed by atoms with Crippen molar-refractivity contribution in [2.24, 2.45) is 0 Å². The van der Waals surface area contributed by atoms with E-state index in [4.69, 9.17) is 11.6 Å². The first-order valence-corrected chi connectivity index (χ1v) is 7.86. The molecular weight excluding hydrogens is 309 g/mol. The molecule has 0 amide bonds. The molecule has 0 spiro atoms. The molecule has 3 nitrogen and oxygen atoms in total. The molecule has 0 unspecified atom stereocenters. The first-order chi connectivity index (χ1) is 10.2. The van der Waals surface area contributed by atoms with E-state index >= 15 is 0 Å². The Balaban J connectivity index is 1.92. The summed E-state index contributed by atoms with van der Waals surface area (Å²) in [6.45, 7) is 2.31. The standard InChI is InChI=1S/C15H13ClFN3S/c1-10-4-5-20(19-10)8-12-6-11(2-3-14(12)17)15-18-13(7-16)9-21-15/h2-6,9H,7-8H2,1H3. The molecule has 0 bridgehead atoms. The van der Waals surface area contributed by atoms with E-state index in [-0.39, 0.29) is 5.82 Å². The fourth-order valence-corrected chi connectivity index (χ4v) is 3.10. The third kappa shape index (κ3) is 3.14. The van der Waals surface area contributed by atoms with Gasteiger partial charge in [-0.05, 0) is 31.2 Å². The van der Waals surface area contributed by atoms with E-state index in [0.29, 0.717) is 18.0 Å². The third-order valence-corrected chi connectivity index (χ3v) is 4.30.